The van der Waals surface area contributed by atoms with E-state index in [0.717, 1.165) is 19.5 Å². The second-order valence-electron chi connectivity index (χ2n) is 5.58. The Balaban J connectivity index is 1.95. The van der Waals surface area contributed by atoms with Crippen molar-refractivity contribution in [3.63, 3.8) is 0 Å². The fourth-order valence-corrected chi connectivity index (χ4v) is 2.28. The summed E-state index contributed by atoms with van der Waals surface area (Å²) in [6, 6.07) is 1.82. The first kappa shape index (κ1) is 11.9. The van der Waals surface area contributed by atoms with Gasteiger partial charge in [-0.1, -0.05) is 13.8 Å². The minimum Gasteiger partial charge on any atom is -0.368 e. The first-order valence-corrected chi connectivity index (χ1v) is 6.30. The van der Waals surface area contributed by atoms with E-state index in [0.29, 0.717) is 11.9 Å². The van der Waals surface area contributed by atoms with E-state index < -0.39 is 0 Å². The molecule has 0 aromatic carbocycles. The maximum absolute atomic E-state index is 5.77. The van der Waals surface area contributed by atoms with Gasteiger partial charge in [0.25, 0.3) is 5.95 Å². The van der Waals surface area contributed by atoms with Crippen molar-refractivity contribution in [2.75, 3.05) is 23.7 Å². The molecule has 0 bridgehead atoms. The Kier molecular flexibility index (Phi) is 2.62. The summed E-state index contributed by atoms with van der Waals surface area (Å²) in [7, 11) is 0. The number of anilines is 2. The molecule has 0 atom stereocenters. The van der Waals surface area contributed by atoms with Gasteiger partial charge in [0.05, 0.1) is 0 Å². The lowest BCUT2D eigenvalue weighted by Crippen LogP contribution is -2.26. The van der Waals surface area contributed by atoms with Gasteiger partial charge in [0.15, 0.2) is 0 Å². The molecule has 0 saturated carbocycles. The summed E-state index contributed by atoms with van der Waals surface area (Å²) >= 11 is 0. The minimum atomic E-state index is 0.222. The van der Waals surface area contributed by atoms with Crippen molar-refractivity contribution in [1.29, 1.82) is 0 Å². The average Bonchev–Trinajstić information content (AvgIpc) is 2.97. The average molecular weight is 259 g/mol. The fraction of sp³-hybridized carbons (Fsp3) is 0.500. The van der Waals surface area contributed by atoms with Crippen molar-refractivity contribution < 1.29 is 0 Å². The fourth-order valence-electron chi connectivity index (χ4n) is 2.28. The molecule has 0 aliphatic carbocycles. The Hall–Kier alpha value is -2.18. The van der Waals surface area contributed by atoms with Crippen LogP contribution in [0.15, 0.2) is 18.5 Å². The van der Waals surface area contributed by atoms with Crippen LogP contribution in [0.25, 0.3) is 5.95 Å². The molecule has 7 nitrogen and oxygen atoms in total. The van der Waals surface area contributed by atoms with Gasteiger partial charge < -0.3 is 10.6 Å². The normalized spacial score (nSPS) is 17.9. The molecular weight excluding hydrogens is 242 g/mol. The van der Waals surface area contributed by atoms with E-state index in [-0.39, 0.29) is 11.4 Å². The monoisotopic (exact) mass is 259 g/mol. The van der Waals surface area contributed by atoms with Crippen molar-refractivity contribution in [1.82, 2.24) is 24.7 Å². The number of aromatic nitrogens is 5. The SMILES string of the molecule is CC1(C)CCN(c2nc(N)nc(-n3cccn3)n2)C1. The second kappa shape index (κ2) is 4.18. The van der Waals surface area contributed by atoms with Crippen LogP contribution in [0, 0.1) is 5.41 Å². The quantitative estimate of drug-likeness (QED) is 0.861. The van der Waals surface area contributed by atoms with Crippen LogP contribution < -0.4 is 10.6 Å². The highest BCUT2D eigenvalue weighted by atomic mass is 15.4. The van der Waals surface area contributed by atoms with Gasteiger partial charge in [-0.3, -0.25) is 0 Å². The van der Waals surface area contributed by atoms with Crippen molar-refractivity contribution in [2.45, 2.75) is 20.3 Å². The number of nitrogens with zero attached hydrogens (tertiary/aromatic N) is 6. The zero-order chi connectivity index (χ0) is 13.5. The number of hydrogen-bond donors (Lipinski definition) is 1. The summed E-state index contributed by atoms with van der Waals surface area (Å²) in [5.41, 5.74) is 6.06. The summed E-state index contributed by atoms with van der Waals surface area (Å²) < 4.78 is 1.59. The molecule has 0 radical (unpaired) electrons. The molecule has 1 fully saturated rings. The Morgan fingerprint density at radius 3 is 2.63 bits per heavy atom. The van der Waals surface area contributed by atoms with Gasteiger partial charge in [0, 0.05) is 25.5 Å². The lowest BCUT2D eigenvalue weighted by atomic mass is 9.93. The maximum atomic E-state index is 5.77. The van der Waals surface area contributed by atoms with Crippen LogP contribution in [0.1, 0.15) is 20.3 Å². The van der Waals surface area contributed by atoms with Gasteiger partial charge in [0.2, 0.25) is 11.9 Å². The number of nitrogen functional groups attached to an aromatic ring is 1. The topological polar surface area (TPSA) is 85.8 Å². The third kappa shape index (κ3) is 2.35. The molecule has 7 heteroatoms. The Morgan fingerprint density at radius 1 is 1.21 bits per heavy atom. The highest BCUT2D eigenvalue weighted by Gasteiger charge is 2.31. The van der Waals surface area contributed by atoms with Crippen LogP contribution in [0.4, 0.5) is 11.9 Å². The highest BCUT2D eigenvalue weighted by Crippen LogP contribution is 2.31. The number of rotatable bonds is 2. The summed E-state index contributed by atoms with van der Waals surface area (Å²) in [6.07, 6.45) is 4.58. The predicted octanol–water partition coefficient (Wildman–Crippen LogP) is 0.876. The molecule has 2 N–H and O–H groups in total. The van der Waals surface area contributed by atoms with Crippen LogP contribution in [0.2, 0.25) is 0 Å². The summed E-state index contributed by atoms with van der Waals surface area (Å²) in [6.45, 7) is 6.35. The Labute approximate surface area is 111 Å². The molecule has 3 heterocycles. The van der Waals surface area contributed by atoms with E-state index in [2.05, 4.69) is 38.8 Å². The minimum absolute atomic E-state index is 0.222. The summed E-state index contributed by atoms with van der Waals surface area (Å²) in [4.78, 5) is 14.9. The van der Waals surface area contributed by atoms with Crippen LogP contribution in [-0.2, 0) is 0 Å². The standard InChI is InChI=1S/C12H17N7/c1-12(2)4-7-18(8-12)10-15-9(13)16-11(17-10)19-6-3-5-14-19/h3,5-6H,4,7-8H2,1-2H3,(H2,13,15,16,17). The lowest BCUT2D eigenvalue weighted by Gasteiger charge is -2.20. The second-order valence-corrected chi connectivity index (χ2v) is 5.58. The zero-order valence-electron chi connectivity index (χ0n) is 11.1. The van der Waals surface area contributed by atoms with Crippen molar-refractivity contribution in [3.05, 3.63) is 18.5 Å². The van der Waals surface area contributed by atoms with Gasteiger partial charge in [-0.15, -0.1) is 0 Å². The van der Waals surface area contributed by atoms with Crippen LogP contribution in [0.3, 0.4) is 0 Å². The van der Waals surface area contributed by atoms with E-state index in [1.54, 1.807) is 17.1 Å². The highest BCUT2D eigenvalue weighted by molar-refractivity contribution is 5.39. The van der Waals surface area contributed by atoms with E-state index in [4.69, 9.17) is 5.73 Å². The Morgan fingerprint density at radius 2 is 2.00 bits per heavy atom. The number of hydrogen-bond acceptors (Lipinski definition) is 6. The third-order valence-electron chi connectivity index (χ3n) is 3.30. The zero-order valence-corrected chi connectivity index (χ0v) is 11.1. The molecular formula is C12H17N7. The molecule has 1 saturated heterocycles. The number of nitrogens with two attached hydrogens (primary N) is 1. The molecule has 100 valence electrons. The van der Waals surface area contributed by atoms with Crippen molar-refractivity contribution in [3.8, 4) is 5.95 Å². The molecule has 3 rings (SSSR count). The van der Waals surface area contributed by atoms with Gasteiger partial charge in [-0.05, 0) is 17.9 Å². The first-order chi connectivity index (χ1) is 9.03. The maximum Gasteiger partial charge on any atom is 0.257 e. The molecule has 0 spiro atoms. The van der Waals surface area contributed by atoms with Gasteiger partial charge in [-0.2, -0.15) is 20.1 Å². The van der Waals surface area contributed by atoms with Crippen LogP contribution >= 0.6 is 0 Å². The van der Waals surface area contributed by atoms with Crippen molar-refractivity contribution in [2.24, 2.45) is 5.41 Å². The van der Waals surface area contributed by atoms with Gasteiger partial charge in [0.1, 0.15) is 0 Å². The van der Waals surface area contributed by atoms with E-state index >= 15 is 0 Å². The molecule has 2 aromatic heterocycles. The van der Waals surface area contributed by atoms with E-state index in [1.807, 2.05) is 6.07 Å². The molecule has 2 aromatic rings. The van der Waals surface area contributed by atoms with Crippen LogP contribution in [-0.4, -0.2) is 37.8 Å². The smallest absolute Gasteiger partial charge is 0.257 e. The molecule has 1 aliphatic heterocycles. The Bertz CT molecular complexity index is 576. The molecule has 0 amide bonds. The van der Waals surface area contributed by atoms with Crippen LogP contribution in [0.5, 0.6) is 0 Å². The summed E-state index contributed by atoms with van der Waals surface area (Å²) in [5, 5.41) is 4.11. The largest absolute Gasteiger partial charge is 0.368 e. The molecule has 19 heavy (non-hydrogen) atoms. The first-order valence-electron chi connectivity index (χ1n) is 6.30. The molecule has 0 unspecified atom stereocenters. The summed E-state index contributed by atoms with van der Waals surface area (Å²) in [5.74, 6) is 1.31. The third-order valence-corrected chi connectivity index (χ3v) is 3.30. The predicted molar refractivity (Wildman–Crippen MR) is 72.0 cm³/mol. The van der Waals surface area contributed by atoms with E-state index in [1.165, 1.54) is 0 Å². The van der Waals surface area contributed by atoms with E-state index in [9.17, 15) is 0 Å². The molecule has 1 aliphatic rings. The van der Waals surface area contributed by atoms with Gasteiger partial charge >= 0.3 is 0 Å². The lowest BCUT2D eigenvalue weighted by molar-refractivity contribution is 0.418. The van der Waals surface area contributed by atoms with Gasteiger partial charge in [-0.25, -0.2) is 4.68 Å². The van der Waals surface area contributed by atoms with Crippen molar-refractivity contribution >= 4 is 11.9 Å².